The van der Waals surface area contributed by atoms with Crippen molar-refractivity contribution < 1.29 is 57.8 Å². The minimum absolute atomic E-state index is 0.163. The molecule has 0 spiro atoms. The van der Waals surface area contributed by atoms with Gasteiger partial charge in [-0.2, -0.15) is 35.1 Å². The summed E-state index contributed by atoms with van der Waals surface area (Å²) in [5.74, 6) is -8.03. The second kappa shape index (κ2) is 10.1. The Bertz CT molecular complexity index is 1180. The smallest absolute Gasteiger partial charge is 0.458 e. The minimum atomic E-state index is -5.95. The van der Waals surface area contributed by atoms with E-state index in [9.17, 15) is 48.3 Å². The first-order chi connectivity index (χ1) is 15.9. The number of anilines is 1. The molecule has 0 aliphatic heterocycles. The van der Waals surface area contributed by atoms with Crippen LogP contribution in [0.1, 0.15) is 27.0 Å². The molecule has 0 unspecified atom stereocenters. The molecule has 0 saturated heterocycles. The van der Waals surface area contributed by atoms with Gasteiger partial charge in [-0.15, -0.1) is 11.3 Å². The summed E-state index contributed by atoms with van der Waals surface area (Å²) in [6.07, 6.45) is -9.92. The van der Waals surface area contributed by atoms with E-state index in [0.29, 0.717) is 6.07 Å². The maximum absolute atomic E-state index is 13.8. The maximum atomic E-state index is 13.8. The van der Waals surface area contributed by atoms with Crippen molar-refractivity contribution in [2.75, 3.05) is 24.8 Å². The van der Waals surface area contributed by atoms with Gasteiger partial charge in [-0.25, -0.2) is 18.2 Å². The maximum Gasteiger partial charge on any atom is 0.458 e. The van der Waals surface area contributed by atoms with Crippen LogP contribution in [-0.4, -0.2) is 51.2 Å². The molecule has 0 aromatic carbocycles. The molecule has 0 atom stereocenters. The number of pyridine rings is 1. The zero-order valence-electron chi connectivity index (χ0n) is 17.7. The largest absolute Gasteiger partial charge is 0.482 e. The molecule has 0 fully saturated rings. The van der Waals surface area contributed by atoms with Crippen LogP contribution < -0.4 is 10.1 Å². The van der Waals surface area contributed by atoms with Crippen molar-refractivity contribution in [1.29, 1.82) is 0 Å². The molecule has 0 amide bonds. The van der Waals surface area contributed by atoms with Crippen molar-refractivity contribution in [2.24, 2.45) is 0 Å². The quantitative estimate of drug-likeness (QED) is 0.346. The number of carbonyl (C=O) groups excluding carboxylic acids is 1. The van der Waals surface area contributed by atoms with Crippen LogP contribution in [0.4, 0.5) is 40.9 Å². The van der Waals surface area contributed by atoms with E-state index in [2.05, 4.69) is 19.8 Å². The van der Waals surface area contributed by atoms with Gasteiger partial charge in [0.2, 0.25) is 0 Å². The van der Waals surface area contributed by atoms with E-state index < -0.39 is 79.2 Å². The van der Waals surface area contributed by atoms with Crippen LogP contribution in [0.25, 0.3) is 0 Å². The number of carbonyl (C=O) groups is 1. The fourth-order valence-corrected chi connectivity index (χ4v) is 4.61. The summed E-state index contributed by atoms with van der Waals surface area (Å²) in [6, 6.07) is 1.16. The van der Waals surface area contributed by atoms with Crippen LogP contribution in [0.2, 0.25) is 0 Å². The van der Waals surface area contributed by atoms with E-state index in [-0.39, 0.29) is 16.9 Å². The van der Waals surface area contributed by atoms with Crippen molar-refractivity contribution in [3.63, 3.8) is 0 Å². The van der Waals surface area contributed by atoms with Gasteiger partial charge in [-0.05, 0) is 11.6 Å². The Balaban J connectivity index is 2.44. The van der Waals surface area contributed by atoms with E-state index >= 15 is 0 Å². The number of esters is 1. The first-order valence-corrected chi connectivity index (χ1v) is 11.7. The lowest BCUT2D eigenvalue weighted by Crippen LogP contribution is -2.32. The fourth-order valence-electron chi connectivity index (χ4n) is 2.49. The number of halogens is 8. The van der Waals surface area contributed by atoms with Gasteiger partial charge in [0.15, 0.2) is 16.4 Å². The number of alkyl halides is 8. The average Bonchev–Trinajstić information content (AvgIpc) is 3.19. The van der Waals surface area contributed by atoms with E-state index in [1.807, 2.05) is 0 Å². The molecule has 2 rings (SSSR count). The third kappa shape index (κ3) is 6.71. The molecule has 0 bridgehead atoms. The molecule has 0 aliphatic rings. The van der Waals surface area contributed by atoms with E-state index in [1.165, 1.54) is 6.92 Å². The SMILES string of the molecule is CCS(=O)(=O)c1cc(OCC(F)(F)F)cnc1NCc1cc(C(F)(F)C(F)(F)F)sc1C(=O)OC. The third-order valence-corrected chi connectivity index (χ3v) is 7.21. The summed E-state index contributed by atoms with van der Waals surface area (Å²) in [5.41, 5.74) is -0.389. The standard InChI is InChI=1S/C18H16F8N2O5S2/c1-3-35(30,31)11-5-10(33-8-16(19,20)21)7-28-14(11)27-6-9-4-12(17(22,23)18(24,25)26)34-13(9)15(29)32-2/h4-5,7H,3,6,8H2,1-2H3,(H,27,28). The number of nitrogens with zero attached hydrogens (tertiary/aromatic N) is 1. The summed E-state index contributed by atoms with van der Waals surface area (Å²) in [5, 5.41) is 2.40. The Hall–Kier alpha value is -2.69. The van der Waals surface area contributed by atoms with Gasteiger partial charge in [0.05, 0.1) is 23.9 Å². The number of hydrogen-bond donors (Lipinski definition) is 1. The number of rotatable bonds is 9. The molecule has 196 valence electrons. The lowest BCUT2D eigenvalue weighted by Gasteiger charge is -2.17. The molecule has 7 nitrogen and oxygen atoms in total. The van der Waals surface area contributed by atoms with Crippen molar-refractivity contribution in [3.8, 4) is 5.75 Å². The van der Waals surface area contributed by atoms with Crippen molar-refractivity contribution in [3.05, 3.63) is 33.6 Å². The molecule has 35 heavy (non-hydrogen) atoms. The Morgan fingerprint density at radius 2 is 1.74 bits per heavy atom. The molecule has 2 aromatic rings. The highest BCUT2D eigenvalue weighted by atomic mass is 32.2. The Kier molecular flexibility index (Phi) is 8.26. The van der Waals surface area contributed by atoms with Crippen LogP contribution in [0.3, 0.4) is 0 Å². The normalized spacial score (nSPS) is 13.0. The zero-order valence-corrected chi connectivity index (χ0v) is 19.3. The van der Waals surface area contributed by atoms with Gasteiger partial charge in [0.1, 0.15) is 21.3 Å². The van der Waals surface area contributed by atoms with Crippen LogP contribution >= 0.6 is 11.3 Å². The highest BCUT2D eigenvalue weighted by Crippen LogP contribution is 2.47. The summed E-state index contributed by atoms with van der Waals surface area (Å²) < 4.78 is 137. The number of sulfone groups is 1. The number of ether oxygens (including phenoxy) is 2. The second-order valence-corrected chi connectivity index (χ2v) is 10.0. The first kappa shape index (κ1) is 28.5. The van der Waals surface area contributed by atoms with Crippen LogP contribution in [0.5, 0.6) is 5.75 Å². The van der Waals surface area contributed by atoms with E-state index in [0.717, 1.165) is 19.4 Å². The second-order valence-electron chi connectivity index (χ2n) is 6.71. The van der Waals surface area contributed by atoms with Gasteiger partial charge in [-0.3, -0.25) is 0 Å². The number of methoxy groups -OCH3 is 1. The number of aromatic nitrogens is 1. The molecule has 0 aliphatic carbocycles. The van der Waals surface area contributed by atoms with Gasteiger partial charge >= 0.3 is 24.2 Å². The van der Waals surface area contributed by atoms with Gasteiger partial charge in [-0.1, -0.05) is 6.92 Å². The minimum Gasteiger partial charge on any atom is -0.482 e. The monoisotopic (exact) mass is 556 g/mol. The lowest BCUT2D eigenvalue weighted by molar-refractivity contribution is -0.287. The zero-order chi connectivity index (χ0) is 26.8. The predicted molar refractivity (Wildman–Crippen MR) is 106 cm³/mol. The number of nitrogens with one attached hydrogen (secondary N) is 1. The van der Waals surface area contributed by atoms with Gasteiger partial charge in [0, 0.05) is 12.6 Å². The van der Waals surface area contributed by atoms with Crippen LogP contribution in [0, 0.1) is 0 Å². The average molecular weight is 556 g/mol. The highest BCUT2D eigenvalue weighted by molar-refractivity contribution is 7.91. The summed E-state index contributed by atoms with van der Waals surface area (Å²) in [4.78, 5) is 12.9. The van der Waals surface area contributed by atoms with Crippen LogP contribution in [0.15, 0.2) is 23.2 Å². The topological polar surface area (TPSA) is 94.6 Å². The Morgan fingerprint density at radius 1 is 1.11 bits per heavy atom. The molecule has 0 radical (unpaired) electrons. The lowest BCUT2D eigenvalue weighted by atomic mass is 10.2. The summed E-state index contributed by atoms with van der Waals surface area (Å²) in [6.45, 7) is -1.17. The fraction of sp³-hybridized carbons (Fsp3) is 0.444. The highest BCUT2D eigenvalue weighted by Gasteiger charge is 2.60. The van der Waals surface area contributed by atoms with Gasteiger partial charge in [0.25, 0.3) is 0 Å². The molecular formula is C18H16F8N2O5S2. The van der Waals surface area contributed by atoms with E-state index in [1.54, 1.807) is 0 Å². The molecule has 2 aromatic heterocycles. The predicted octanol–water partition coefficient (Wildman–Crippen LogP) is 4.93. The number of hydrogen-bond acceptors (Lipinski definition) is 8. The Morgan fingerprint density at radius 3 is 2.26 bits per heavy atom. The number of thiophene rings is 1. The first-order valence-electron chi connectivity index (χ1n) is 9.25. The third-order valence-electron chi connectivity index (χ3n) is 4.24. The van der Waals surface area contributed by atoms with E-state index in [4.69, 9.17) is 0 Å². The molecule has 0 saturated carbocycles. The molecule has 17 heteroatoms. The molecule has 1 N–H and O–H groups in total. The Labute approximate surface area is 197 Å². The summed E-state index contributed by atoms with van der Waals surface area (Å²) >= 11 is -0.163. The van der Waals surface area contributed by atoms with Crippen LogP contribution in [-0.2, 0) is 27.0 Å². The summed E-state index contributed by atoms with van der Waals surface area (Å²) in [7, 11) is -3.25. The van der Waals surface area contributed by atoms with Crippen molar-refractivity contribution >= 4 is 33.0 Å². The molecular weight excluding hydrogens is 540 g/mol. The van der Waals surface area contributed by atoms with Crippen molar-refractivity contribution in [2.45, 2.75) is 36.6 Å². The van der Waals surface area contributed by atoms with Gasteiger partial charge < -0.3 is 14.8 Å². The van der Waals surface area contributed by atoms with Crippen molar-refractivity contribution in [1.82, 2.24) is 4.98 Å². The molecule has 2 heterocycles.